The molecule has 0 aliphatic rings. The van der Waals surface area contributed by atoms with E-state index in [-0.39, 0.29) is 16.5 Å². The molecule has 0 bridgehead atoms. The van der Waals surface area contributed by atoms with Crippen LogP contribution in [0, 0.1) is 0 Å². The van der Waals surface area contributed by atoms with E-state index in [1.54, 1.807) is 18.3 Å². The third-order valence-corrected chi connectivity index (χ3v) is 4.55. The number of hydrogen-bond donors (Lipinski definition) is 0. The highest BCUT2D eigenvalue weighted by molar-refractivity contribution is 8.00. The van der Waals surface area contributed by atoms with E-state index in [2.05, 4.69) is 14.9 Å². The van der Waals surface area contributed by atoms with Crippen LogP contribution in [-0.4, -0.2) is 28.5 Å². The maximum atomic E-state index is 11.4. The van der Waals surface area contributed by atoms with Crippen LogP contribution in [0.15, 0.2) is 22.0 Å². The average Bonchev–Trinajstić information content (AvgIpc) is 3.07. The molecule has 2 aromatic rings. The second kappa shape index (κ2) is 6.21. The molecule has 2 heterocycles. The van der Waals surface area contributed by atoms with Crippen LogP contribution in [0.25, 0.3) is 10.7 Å². The van der Waals surface area contributed by atoms with E-state index in [1.165, 1.54) is 18.9 Å². The van der Waals surface area contributed by atoms with Crippen molar-refractivity contribution in [3.05, 3.63) is 23.4 Å². The molecule has 0 spiro atoms. The lowest BCUT2D eigenvalue weighted by Gasteiger charge is -2.11. The summed E-state index contributed by atoms with van der Waals surface area (Å²) in [4.78, 5) is 16.7. The van der Waals surface area contributed by atoms with Gasteiger partial charge in [0.25, 0.3) is 0 Å². The molecule has 2 rings (SSSR count). The molecule has 2 unspecified atom stereocenters. The summed E-state index contributed by atoms with van der Waals surface area (Å²) in [7, 11) is 1.38. The zero-order chi connectivity index (χ0) is 13.8. The van der Waals surface area contributed by atoms with Gasteiger partial charge in [-0.2, -0.15) is 4.98 Å². The van der Waals surface area contributed by atoms with Gasteiger partial charge in [0.1, 0.15) is 5.25 Å². The molecule has 102 valence electrons. The van der Waals surface area contributed by atoms with Crippen LogP contribution >= 0.6 is 23.1 Å². The van der Waals surface area contributed by atoms with Gasteiger partial charge in [-0.05, 0) is 25.3 Å². The van der Waals surface area contributed by atoms with Gasteiger partial charge in [0.2, 0.25) is 11.7 Å². The van der Waals surface area contributed by atoms with Crippen molar-refractivity contribution in [3.63, 3.8) is 0 Å². The molecule has 0 fully saturated rings. The van der Waals surface area contributed by atoms with Gasteiger partial charge in [-0.25, -0.2) is 0 Å². The van der Waals surface area contributed by atoms with Crippen LogP contribution in [0.3, 0.4) is 0 Å². The standard InChI is InChI=1S/C12H14N2O3S2/c1-7(19-8(2)12(15)16-3)11-13-10(14-17-11)9-5-4-6-18-9/h4-8H,1-3H3. The summed E-state index contributed by atoms with van der Waals surface area (Å²) in [6.07, 6.45) is 0. The number of carbonyl (C=O) groups is 1. The number of methoxy groups -OCH3 is 1. The summed E-state index contributed by atoms with van der Waals surface area (Å²) < 4.78 is 9.93. The van der Waals surface area contributed by atoms with E-state index < -0.39 is 0 Å². The van der Waals surface area contributed by atoms with Crippen molar-refractivity contribution in [1.82, 2.24) is 10.1 Å². The summed E-state index contributed by atoms with van der Waals surface area (Å²) in [5.74, 6) is 0.849. The van der Waals surface area contributed by atoms with Gasteiger partial charge in [-0.3, -0.25) is 4.79 Å². The topological polar surface area (TPSA) is 65.2 Å². The predicted molar refractivity (Wildman–Crippen MR) is 75.1 cm³/mol. The molecular formula is C12H14N2O3S2. The van der Waals surface area contributed by atoms with Gasteiger partial charge in [-0.15, -0.1) is 23.1 Å². The van der Waals surface area contributed by atoms with E-state index in [1.807, 2.05) is 24.4 Å². The van der Waals surface area contributed by atoms with E-state index >= 15 is 0 Å². The molecule has 0 aliphatic heterocycles. The van der Waals surface area contributed by atoms with Crippen LogP contribution in [0.5, 0.6) is 0 Å². The fourth-order valence-electron chi connectivity index (χ4n) is 1.49. The quantitative estimate of drug-likeness (QED) is 0.790. The minimum Gasteiger partial charge on any atom is -0.468 e. The first kappa shape index (κ1) is 14.1. The normalized spacial score (nSPS) is 14.1. The highest BCUT2D eigenvalue weighted by Crippen LogP contribution is 2.32. The smallest absolute Gasteiger partial charge is 0.318 e. The number of ether oxygens (including phenoxy) is 1. The molecule has 0 aliphatic carbocycles. The lowest BCUT2D eigenvalue weighted by molar-refractivity contribution is -0.139. The van der Waals surface area contributed by atoms with Crippen LogP contribution < -0.4 is 0 Å². The van der Waals surface area contributed by atoms with Crippen molar-refractivity contribution in [1.29, 1.82) is 0 Å². The molecule has 0 radical (unpaired) electrons. The number of rotatable bonds is 5. The third-order valence-electron chi connectivity index (χ3n) is 2.47. The summed E-state index contributed by atoms with van der Waals surface area (Å²) in [6, 6.07) is 3.88. The number of hydrogen-bond acceptors (Lipinski definition) is 7. The van der Waals surface area contributed by atoms with Crippen LogP contribution in [0.2, 0.25) is 0 Å². The third kappa shape index (κ3) is 3.36. The minimum atomic E-state index is -0.267. The van der Waals surface area contributed by atoms with Crippen molar-refractivity contribution >= 4 is 29.1 Å². The van der Waals surface area contributed by atoms with Gasteiger partial charge >= 0.3 is 5.97 Å². The van der Waals surface area contributed by atoms with E-state index in [0.717, 1.165) is 4.88 Å². The van der Waals surface area contributed by atoms with E-state index in [0.29, 0.717) is 11.7 Å². The lowest BCUT2D eigenvalue weighted by atomic mass is 10.4. The SMILES string of the molecule is COC(=O)C(C)SC(C)c1nc(-c2cccs2)no1. The first-order valence-corrected chi connectivity index (χ1v) is 7.55. The second-order valence-corrected chi connectivity index (χ2v) is 6.51. The Morgan fingerprint density at radius 3 is 2.95 bits per heavy atom. The van der Waals surface area contributed by atoms with Gasteiger partial charge in [-0.1, -0.05) is 11.2 Å². The van der Waals surface area contributed by atoms with Gasteiger partial charge in [0.05, 0.1) is 17.2 Å². The number of esters is 1. The zero-order valence-electron chi connectivity index (χ0n) is 10.8. The molecular weight excluding hydrogens is 284 g/mol. The Kier molecular flexibility index (Phi) is 4.60. The first-order chi connectivity index (χ1) is 9.11. The first-order valence-electron chi connectivity index (χ1n) is 5.72. The Morgan fingerprint density at radius 1 is 1.53 bits per heavy atom. The van der Waals surface area contributed by atoms with Crippen LogP contribution in [-0.2, 0) is 9.53 Å². The Labute approximate surface area is 119 Å². The Bertz CT molecular complexity index is 539. The van der Waals surface area contributed by atoms with Gasteiger partial charge in [0.15, 0.2) is 0 Å². The Balaban J connectivity index is 2.04. The average molecular weight is 298 g/mol. The summed E-state index contributed by atoms with van der Waals surface area (Å²) in [5.41, 5.74) is 0. The predicted octanol–water partition coefficient (Wildman–Crippen LogP) is 3.15. The number of thiophene rings is 1. The van der Waals surface area contributed by atoms with E-state index in [9.17, 15) is 4.79 Å². The minimum absolute atomic E-state index is 0.0599. The monoisotopic (exact) mass is 298 g/mol. The Hall–Kier alpha value is -1.34. The lowest BCUT2D eigenvalue weighted by Crippen LogP contribution is -2.15. The molecule has 2 aromatic heterocycles. The van der Waals surface area contributed by atoms with Crippen LogP contribution in [0.1, 0.15) is 25.0 Å². The van der Waals surface area contributed by atoms with Gasteiger partial charge in [0, 0.05) is 0 Å². The Morgan fingerprint density at radius 2 is 2.32 bits per heavy atom. The largest absolute Gasteiger partial charge is 0.468 e. The molecule has 2 atom stereocenters. The number of thioether (sulfide) groups is 1. The number of aromatic nitrogens is 2. The van der Waals surface area contributed by atoms with Crippen molar-refractivity contribution in [2.24, 2.45) is 0 Å². The second-order valence-electron chi connectivity index (χ2n) is 3.88. The molecule has 0 N–H and O–H groups in total. The fraction of sp³-hybridized carbons (Fsp3) is 0.417. The number of nitrogens with zero attached hydrogens (tertiary/aromatic N) is 2. The van der Waals surface area contributed by atoms with Crippen molar-refractivity contribution in [2.45, 2.75) is 24.3 Å². The summed E-state index contributed by atoms with van der Waals surface area (Å²) in [5, 5.41) is 5.58. The highest BCUT2D eigenvalue weighted by atomic mass is 32.2. The molecule has 7 heteroatoms. The number of carbonyl (C=O) groups excluding carboxylic acids is 1. The highest BCUT2D eigenvalue weighted by Gasteiger charge is 2.22. The maximum absolute atomic E-state index is 11.4. The van der Waals surface area contributed by atoms with Crippen molar-refractivity contribution in [2.75, 3.05) is 7.11 Å². The van der Waals surface area contributed by atoms with Crippen molar-refractivity contribution < 1.29 is 14.1 Å². The van der Waals surface area contributed by atoms with Crippen LogP contribution in [0.4, 0.5) is 0 Å². The maximum Gasteiger partial charge on any atom is 0.318 e. The zero-order valence-corrected chi connectivity index (χ0v) is 12.5. The molecule has 0 saturated carbocycles. The molecule has 0 amide bonds. The molecule has 5 nitrogen and oxygen atoms in total. The van der Waals surface area contributed by atoms with Gasteiger partial charge < -0.3 is 9.26 Å². The summed E-state index contributed by atoms with van der Waals surface area (Å²) >= 11 is 2.99. The summed E-state index contributed by atoms with van der Waals surface area (Å²) in [6.45, 7) is 3.72. The fourth-order valence-corrected chi connectivity index (χ4v) is 3.17. The molecule has 0 aromatic carbocycles. The molecule has 0 saturated heterocycles. The van der Waals surface area contributed by atoms with E-state index in [4.69, 9.17) is 4.52 Å². The van der Waals surface area contributed by atoms with Crippen molar-refractivity contribution in [3.8, 4) is 10.7 Å². The molecule has 19 heavy (non-hydrogen) atoms.